The number of halogens is 4. The molecule has 3 rings (SSSR count). The van der Waals surface area contributed by atoms with Gasteiger partial charge in [-0.15, -0.1) is 24.0 Å². The zero-order valence-corrected chi connectivity index (χ0v) is 20.4. The molecule has 13 heteroatoms. The van der Waals surface area contributed by atoms with Crippen LogP contribution in [0.5, 0.6) is 0 Å². The lowest BCUT2D eigenvalue weighted by Gasteiger charge is -2.32. The lowest BCUT2D eigenvalue weighted by atomic mass is 10.1. The number of hydrogen-bond donors (Lipinski definition) is 2. The van der Waals surface area contributed by atoms with E-state index in [0.29, 0.717) is 16.8 Å². The molecule has 3 heterocycles. The molecule has 0 atom stereocenters. The first-order valence-electron chi connectivity index (χ1n) is 9.94. The molecule has 176 valence electrons. The zero-order chi connectivity index (χ0) is 21.8. The van der Waals surface area contributed by atoms with Gasteiger partial charge in [0, 0.05) is 52.0 Å². The maximum atomic E-state index is 12.7. The molecule has 0 unspecified atom stereocenters. The fraction of sp³-hybridized carbons (Fsp3) is 0.667. The van der Waals surface area contributed by atoms with Crippen molar-refractivity contribution in [3.05, 3.63) is 23.9 Å². The van der Waals surface area contributed by atoms with Gasteiger partial charge in [0.25, 0.3) is 0 Å². The zero-order valence-electron chi connectivity index (χ0n) is 17.2. The molecule has 0 bridgehead atoms. The van der Waals surface area contributed by atoms with E-state index in [1.807, 2.05) is 12.1 Å². The van der Waals surface area contributed by atoms with Crippen LogP contribution in [0.15, 0.2) is 23.3 Å². The van der Waals surface area contributed by atoms with E-state index in [1.54, 1.807) is 13.2 Å². The molecule has 0 saturated carbocycles. The van der Waals surface area contributed by atoms with Crippen LogP contribution in [0.3, 0.4) is 0 Å². The Balaban J connectivity index is 0.00000341. The van der Waals surface area contributed by atoms with Gasteiger partial charge in [0.15, 0.2) is 5.96 Å². The van der Waals surface area contributed by atoms with Gasteiger partial charge in [-0.2, -0.15) is 17.5 Å². The first-order chi connectivity index (χ1) is 14.2. The molecule has 0 aliphatic carbocycles. The number of aliphatic imine (C=N–C) groups is 1. The Morgan fingerprint density at radius 2 is 1.87 bits per heavy atom. The van der Waals surface area contributed by atoms with Crippen molar-refractivity contribution in [3.63, 3.8) is 0 Å². The van der Waals surface area contributed by atoms with Gasteiger partial charge in [-0.3, -0.25) is 4.99 Å². The Kier molecular flexibility index (Phi) is 9.18. The average molecular weight is 576 g/mol. The highest BCUT2D eigenvalue weighted by Gasteiger charge is 2.50. The van der Waals surface area contributed by atoms with E-state index in [0.717, 1.165) is 24.5 Å². The van der Waals surface area contributed by atoms with Crippen LogP contribution in [-0.2, 0) is 16.6 Å². The quantitative estimate of drug-likeness (QED) is 0.318. The standard InChI is InChI=1S/C18H27F3N6O2S.HI/c1-22-17(24-13-14-4-7-23-16(12-14)26-8-2-3-9-26)25-15-5-10-27(11-6-15)30(28,29)18(19,20)21;/h4,7,12,15H,2-3,5-6,8-11,13H2,1H3,(H2,22,24,25);1H. The molecule has 0 aromatic carbocycles. The minimum atomic E-state index is -5.26. The molecule has 2 fully saturated rings. The summed E-state index contributed by atoms with van der Waals surface area (Å²) in [5, 5.41) is 6.36. The van der Waals surface area contributed by atoms with Crippen molar-refractivity contribution in [3.8, 4) is 0 Å². The van der Waals surface area contributed by atoms with E-state index >= 15 is 0 Å². The van der Waals surface area contributed by atoms with Gasteiger partial charge in [0.05, 0.1) is 0 Å². The summed E-state index contributed by atoms with van der Waals surface area (Å²) in [6.45, 7) is 2.18. The van der Waals surface area contributed by atoms with Crippen molar-refractivity contribution in [2.75, 3.05) is 38.1 Å². The molecule has 2 aliphatic rings. The van der Waals surface area contributed by atoms with Crippen LogP contribution in [0.4, 0.5) is 19.0 Å². The minimum absolute atomic E-state index is 0. The van der Waals surface area contributed by atoms with Gasteiger partial charge in [-0.1, -0.05) is 0 Å². The highest BCUT2D eigenvalue weighted by molar-refractivity contribution is 14.0. The second kappa shape index (κ2) is 11.0. The second-order valence-electron chi connectivity index (χ2n) is 7.41. The molecule has 1 aromatic heterocycles. The number of piperidine rings is 1. The Morgan fingerprint density at radius 3 is 2.45 bits per heavy atom. The number of anilines is 1. The molecule has 2 N–H and O–H groups in total. The number of sulfonamides is 1. The number of nitrogens with one attached hydrogen (secondary N) is 2. The summed E-state index contributed by atoms with van der Waals surface area (Å²) in [6.07, 6.45) is 4.65. The lowest BCUT2D eigenvalue weighted by Crippen LogP contribution is -2.51. The van der Waals surface area contributed by atoms with Crippen LogP contribution in [0.1, 0.15) is 31.2 Å². The summed E-state index contributed by atoms with van der Waals surface area (Å²) in [4.78, 5) is 10.8. The molecule has 8 nitrogen and oxygen atoms in total. The van der Waals surface area contributed by atoms with E-state index in [9.17, 15) is 21.6 Å². The molecular formula is C18H28F3IN6O2S. The Morgan fingerprint density at radius 1 is 1.23 bits per heavy atom. The van der Waals surface area contributed by atoms with Gasteiger partial charge in [-0.05, 0) is 43.4 Å². The van der Waals surface area contributed by atoms with Crippen molar-refractivity contribution in [2.24, 2.45) is 4.99 Å². The third kappa shape index (κ3) is 6.57. The van der Waals surface area contributed by atoms with Gasteiger partial charge >= 0.3 is 15.5 Å². The van der Waals surface area contributed by atoms with E-state index in [1.165, 1.54) is 12.8 Å². The predicted molar refractivity (Wildman–Crippen MR) is 124 cm³/mol. The number of hydrogen-bond acceptors (Lipinski definition) is 5. The number of aromatic nitrogens is 1. The smallest absolute Gasteiger partial charge is 0.357 e. The van der Waals surface area contributed by atoms with Crippen LogP contribution in [0.25, 0.3) is 0 Å². The molecule has 2 saturated heterocycles. The van der Waals surface area contributed by atoms with Crippen molar-refractivity contribution in [2.45, 2.75) is 43.8 Å². The van der Waals surface area contributed by atoms with Gasteiger partial charge in [0.2, 0.25) is 0 Å². The maximum absolute atomic E-state index is 12.7. The molecule has 0 radical (unpaired) electrons. The fourth-order valence-corrected chi connectivity index (χ4v) is 4.63. The summed E-state index contributed by atoms with van der Waals surface area (Å²) in [5.41, 5.74) is -4.22. The molecule has 0 amide bonds. The molecule has 0 spiro atoms. The highest BCUT2D eigenvalue weighted by Crippen LogP contribution is 2.29. The predicted octanol–water partition coefficient (Wildman–Crippen LogP) is 2.28. The van der Waals surface area contributed by atoms with Crippen LogP contribution < -0.4 is 15.5 Å². The average Bonchev–Trinajstić information content (AvgIpc) is 3.26. The molecule has 2 aliphatic heterocycles. The second-order valence-corrected chi connectivity index (χ2v) is 9.34. The summed E-state index contributed by atoms with van der Waals surface area (Å²) in [7, 11) is -3.65. The van der Waals surface area contributed by atoms with E-state index in [-0.39, 0.29) is 55.9 Å². The van der Waals surface area contributed by atoms with Gasteiger partial charge < -0.3 is 15.5 Å². The molecule has 31 heavy (non-hydrogen) atoms. The van der Waals surface area contributed by atoms with Crippen molar-refractivity contribution in [1.82, 2.24) is 19.9 Å². The van der Waals surface area contributed by atoms with Crippen molar-refractivity contribution >= 4 is 45.8 Å². The summed E-state index contributed by atoms with van der Waals surface area (Å²) in [6, 6.07) is 3.79. The Bertz CT molecular complexity index is 854. The first-order valence-corrected chi connectivity index (χ1v) is 11.4. The maximum Gasteiger partial charge on any atom is 0.511 e. The minimum Gasteiger partial charge on any atom is -0.357 e. The van der Waals surface area contributed by atoms with Crippen molar-refractivity contribution < 1.29 is 21.6 Å². The third-order valence-electron chi connectivity index (χ3n) is 5.35. The Labute approximate surface area is 197 Å². The van der Waals surface area contributed by atoms with Crippen LogP contribution >= 0.6 is 24.0 Å². The van der Waals surface area contributed by atoms with Crippen molar-refractivity contribution in [1.29, 1.82) is 0 Å². The number of pyridine rings is 1. The normalized spacial score (nSPS) is 19.2. The van der Waals surface area contributed by atoms with E-state index in [4.69, 9.17) is 0 Å². The highest BCUT2D eigenvalue weighted by atomic mass is 127. The first kappa shape index (κ1) is 25.9. The van der Waals surface area contributed by atoms with Crippen LogP contribution in [-0.4, -0.2) is 68.4 Å². The van der Waals surface area contributed by atoms with E-state index in [2.05, 4.69) is 25.5 Å². The Hall–Kier alpha value is -1.35. The number of guanidine groups is 1. The summed E-state index contributed by atoms with van der Waals surface area (Å²) < 4.78 is 61.6. The molecule has 1 aromatic rings. The van der Waals surface area contributed by atoms with E-state index < -0.39 is 15.5 Å². The van der Waals surface area contributed by atoms with Crippen LogP contribution in [0, 0.1) is 0 Å². The fourth-order valence-electron chi connectivity index (χ4n) is 3.65. The largest absolute Gasteiger partial charge is 0.511 e. The number of rotatable bonds is 5. The lowest BCUT2D eigenvalue weighted by molar-refractivity contribution is -0.0494. The third-order valence-corrected chi connectivity index (χ3v) is 6.98. The molecular weight excluding hydrogens is 548 g/mol. The summed E-state index contributed by atoms with van der Waals surface area (Å²) in [5.74, 6) is 1.47. The SMILES string of the molecule is CN=C(NCc1ccnc(N2CCCC2)c1)NC1CCN(S(=O)(=O)C(F)(F)F)CC1.I. The number of alkyl halides is 3. The summed E-state index contributed by atoms with van der Waals surface area (Å²) >= 11 is 0. The van der Waals surface area contributed by atoms with Crippen LogP contribution in [0.2, 0.25) is 0 Å². The van der Waals surface area contributed by atoms with Gasteiger partial charge in [0.1, 0.15) is 5.82 Å². The monoisotopic (exact) mass is 576 g/mol. The van der Waals surface area contributed by atoms with Gasteiger partial charge in [-0.25, -0.2) is 13.4 Å². The topological polar surface area (TPSA) is 89.9 Å². The number of nitrogens with zero attached hydrogens (tertiary/aromatic N) is 4.